The number of nitrogens with zero attached hydrogens (tertiary/aromatic N) is 4. The van der Waals surface area contributed by atoms with Gasteiger partial charge in [0.1, 0.15) is 18.3 Å². The zero-order valence-electron chi connectivity index (χ0n) is 20.1. The fraction of sp³-hybridized carbons (Fsp3) is 0.269. The zero-order valence-corrected chi connectivity index (χ0v) is 20.1. The Morgan fingerprint density at radius 1 is 1.14 bits per heavy atom. The maximum atomic E-state index is 13.6. The number of phenols is 1. The van der Waals surface area contributed by atoms with Crippen LogP contribution < -0.4 is 5.73 Å². The van der Waals surface area contributed by atoms with E-state index in [0.29, 0.717) is 43.2 Å². The summed E-state index contributed by atoms with van der Waals surface area (Å²) in [7, 11) is 1.55. The van der Waals surface area contributed by atoms with Crippen LogP contribution in [0.25, 0.3) is 16.6 Å². The predicted octanol–water partition coefficient (Wildman–Crippen LogP) is 2.73. The minimum Gasteiger partial charge on any atom is -0.508 e. The van der Waals surface area contributed by atoms with Gasteiger partial charge in [0.05, 0.1) is 41.9 Å². The van der Waals surface area contributed by atoms with Crippen molar-refractivity contribution in [3.63, 3.8) is 0 Å². The molecule has 0 unspecified atom stereocenters. The van der Waals surface area contributed by atoms with Gasteiger partial charge in [-0.05, 0) is 55.0 Å². The number of phenolic OH excluding ortho intramolecular Hbond substituents is 1. The monoisotopic (exact) mass is 489 g/mol. The first-order chi connectivity index (χ1) is 17.4. The number of rotatable bonds is 6. The maximum Gasteiger partial charge on any atom is 0.254 e. The van der Waals surface area contributed by atoms with Gasteiger partial charge in [-0.3, -0.25) is 9.59 Å². The number of amides is 1. The highest BCUT2D eigenvalue weighted by Gasteiger charge is 2.24. The molecule has 0 aliphatic carbocycles. The normalized spacial score (nSPS) is 13.9. The molecule has 0 radical (unpaired) electrons. The van der Waals surface area contributed by atoms with Crippen LogP contribution in [0.1, 0.15) is 32.0 Å². The number of aromatic hydroxyl groups is 1. The van der Waals surface area contributed by atoms with Gasteiger partial charge in [0, 0.05) is 31.1 Å². The lowest BCUT2D eigenvalue weighted by atomic mass is 10.1. The van der Waals surface area contributed by atoms with Gasteiger partial charge in [-0.1, -0.05) is 0 Å². The number of ether oxygens (including phenoxy) is 2. The number of anilines is 1. The number of aromatic nitrogens is 3. The van der Waals surface area contributed by atoms with E-state index in [2.05, 4.69) is 5.10 Å². The minimum absolute atomic E-state index is 0.0673. The van der Waals surface area contributed by atoms with Crippen molar-refractivity contribution in [3.05, 3.63) is 71.0 Å². The SMILES string of the molecule is COCn1c(C(=O)c2cnn(-c3ccc(O)cc3C)c2N)cc2cc(C(=O)N3CCOCC3)ccc21. The number of carbonyl (C=O) groups excluding carboxylic acids is 2. The molecule has 1 saturated heterocycles. The third kappa shape index (κ3) is 4.10. The molecule has 1 aliphatic heterocycles. The zero-order chi connectivity index (χ0) is 25.4. The summed E-state index contributed by atoms with van der Waals surface area (Å²) in [6.07, 6.45) is 1.44. The van der Waals surface area contributed by atoms with Crippen molar-refractivity contribution in [2.75, 3.05) is 39.1 Å². The van der Waals surface area contributed by atoms with E-state index in [9.17, 15) is 14.7 Å². The van der Waals surface area contributed by atoms with Gasteiger partial charge in [-0.15, -0.1) is 0 Å². The molecule has 10 heteroatoms. The lowest BCUT2D eigenvalue weighted by Crippen LogP contribution is -2.40. The quantitative estimate of drug-likeness (QED) is 0.399. The molecule has 5 rings (SSSR count). The predicted molar refractivity (Wildman–Crippen MR) is 133 cm³/mol. The summed E-state index contributed by atoms with van der Waals surface area (Å²) in [5.41, 5.74) is 9.71. The molecule has 2 aromatic heterocycles. The minimum atomic E-state index is -0.315. The molecule has 36 heavy (non-hydrogen) atoms. The molecule has 2 aromatic carbocycles. The second-order valence-electron chi connectivity index (χ2n) is 8.71. The number of hydrogen-bond acceptors (Lipinski definition) is 7. The van der Waals surface area contributed by atoms with Gasteiger partial charge in [-0.25, -0.2) is 4.68 Å². The van der Waals surface area contributed by atoms with Crippen molar-refractivity contribution in [1.82, 2.24) is 19.2 Å². The second-order valence-corrected chi connectivity index (χ2v) is 8.71. The van der Waals surface area contributed by atoms with E-state index in [1.165, 1.54) is 16.9 Å². The molecule has 0 spiro atoms. The lowest BCUT2D eigenvalue weighted by molar-refractivity contribution is 0.0303. The van der Waals surface area contributed by atoms with Crippen LogP contribution in [-0.2, 0) is 16.2 Å². The highest BCUT2D eigenvalue weighted by Crippen LogP contribution is 2.28. The molecule has 0 saturated carbocycles. The Kier molecular flexibility index (Phi) is 6.21. The molecular weight excluding hydrogens is 462 g/mol. The Morgan fingerprint density at radius 2 is 1.92 bits per heavy atom. The number of hydrogen-bond donors (Lipinski definition) is 2. The standard InChI is InChI=1S/C26H27N5O5/c1-16-11-19(32)4-6-21(16)31-25(27)20(14-28-31)24(33)23-13-18-12-17(3-5-22(18)30(23)15-35-2)26(34)29-7-9-36-10-8-29/h3-6,11-14,32H,7-10,15,27H2,1-2H3. The Morgan fingerprint density at radius 3 is 2.64 bits per heavy atom. The van der Waals surface area contributed by atoms with Crippen LogP contribution in [0.2, 0.25) is 0 Å². The molecule has 0 atom stereocenters. The summed E-state index contributed by atoms with van der Waals surface area (Å²) in [6, 6.07) is 12.0. The molecule has 3 heterocycles. The first kappa shape index (κ1) is 23.6. The van der Waals surface area contributed by atoms with Crippen molar-refractivity contribution in [1.29, 1.82) is 0 Å². The molecule has 1 aliphatic rings. The van der Waals surface area contributed by atoms with Crippen molar-refractivity contribution >= 4 is 28.4 Å². The summed E-state index contributed by atoms with van der Waals surface area (Å²) >= 11 is 0. The number of benzene rings is 2. The summed E-state index contributed by atoms with van der Waals surface area (Å²) in [6.45, 7) is 4.12. The average molecular weight is 490 g/mol. The van der Waals surface area contributed by atoms with E-state index in [1.807, 2.05) is 13.0 Å². The summed E-state index contributed by atoms with van der Waals surface area (Å²) in [4.78, 5) is 28.4. The molecule has 186 valence electrons. The van der Waals surface area contributed by atoms with Crippen LogP contribution >= 0.6 is 0 Å². The topological polar surface area (TPSA) is 125 Å². The number of morpholine rings is 1. The van der Waals surface area contributed by atoms with E-state index < -0.39 is 0 Å². The number of nitrogen functional groups attached to an aromatic ring is 1. The highest BCUT2D eigenvalue weighted by atomic mass is 16.5. The molecule has 3 N–H and O–H groups in total. The number of nitrogens with two attached hydrogens (primary N) is 1. The van der Waals surface area contributed by atoms with Crippen LogP contribution in [0.15, 0.2) is 48.7 Å². The number of ketones is 1. The molecule has 1 fully saturated rings. The van der Waals surface area contributed by atoms with E-state index in [1.54, 1.807) is 46.9 Å². The number of methoxy groups -OCH3 is 1. The van der Waals surface area contributed by atoms with Gasteiger partial charge in [0.25, 0.3) is 5.91 Å². The number of aryl methyl sites for hydroxylation is 1. The first-order valence-electron chi connectivity index (χ1n) is 11.6. The molecule has 10 nitrogen and oxygen atoms in total. The second kappa shape index (κ2) is 9.48. The van der Waals surface area contributed by atoms with Crippen molar-refractivity contribution < 1.29 is 24.2 Å². The highest BCUT2D eigenvalue weighted by molar-refractivity contribution is 6.13. The van der Waals surface area contributed by atoms with Crippen LogP contribution in [-0.4, -0.2) is 69.5 Å². The third-order valence-corrected chi connectivity index (χ3v) is 6.40. The van der Waals surface area contributed by atoms with Gasteiger partial charge in [-0.2, -0.15) is 5.10 Å². The first-order valence-corrected chi connectivity index (χ1v) is 11.6. The Balaban J connectivity index is 1.53. The summed E-state index contributed by atoms with van der Waals surface area (Å²) < 4.78 is 13.9. The summed E-state index contributed by atoms with van der Waals surface area (Å²) in [5, 5.41) is 14.8. The van der Waals surface area contributed by atoms with Gasteiger partial charge < -0.3 is 29.8 Å². The van der Waals surface area contributed by atoms with Crippen molar-refractivity contribution in [2.24, 2.45) is 0 Å². The largest absolute Gasteiger partial charge is 0.508 e. The van der Waals surface area contributed by atoms with Gasteiger partial charge in [0.2, 0.25) is 5.78 Å². The van der Waals surface area contributed by atoms with Crippen LogP contribution in [0.5, 0.6) is 5.75 Å². The third-order valence-electron chi connectivity index (χ3n) is 6.40. The Bertz CT molecular complexity index is 1470. The fourth-order valence-corrected chi connectivity index (χ4v) is 4.55. The van der Waals surface area contributed by atoms with Crippen LogP contribution in [0.3, 0.4) is 0 Å². The fourth-order valence-electron chi connectivity index (χ4n) is 4.55. The molecular formula is C26H27N5O5. The van der Waals surface area contributed by atoms with E-state index in [0.717, 1.165) is 16.5 Å². The summed E-state index contributed by atoms with van der Waals surface area (Å²) in [5.74, 6) is -0.0631. The number of carbonyl (C=O) groups is 2. The van der Waals surface area contributed by atoms with Gasteiger partial charge >= 0.3 is 0 Å². The molecule has 1 amide bonds. The molecule has 0 bridgehead atoms. The van der Waals surface area contributed by atoms with Crippen LogP contribution in [0.4, 0.5) is 5.82 Å². The molecule has 4 aromatic rings. The van der Waals surface area contributed by atoms with Crippen molar-refractivity contribution in [2.45, 2.75) is 13.7 Å². The average Bonchev–Trinajstić information content (AvgIpc) is 3.44. The van der Waals surface area contributed by atoms with Crippen LogP contribution in [0, 0.1) is 6.92 Å². The Labute approximate surface area is 207 Å². The number of fused-ring (bicyclic) bond motifs is 1. The maximum absolute atomic E-state index is 13.6. The Hall–Kier alpha value is -4.15. The van der Waals surface area contributed by atoms with E-state index in [-0.39, 0.29) is 35.6 Å². The van der Waals surface area contributed by atoms with Crippen molar-refractivity contribution in [3.8, 4) is 11.4 Å². The lowest BCUT2D eigenvalue weighted by Gasteiger charge is -2.26. The van der Waals surface area contributed by atoms with E-state index in [4.69, 9.17) is 15.2 Å². The van der Waals surface area contributed by atoms with Gasteiger partial charge in [0.15, 0.2) is 0 Å². The smallest absolute Gasteiger partial charge is 0.254 e. The van der Waals surface area contributed by atoms with E-state index >= 15 is 0 Å².